The third-order valence-electron chi connectivity index (χ3n) is 4.72. The molecule has 0 bridgehead atoms. The molecule has 0 fully saturated rings. The summed E-state index contributed by atoms with van der Waals surface area (Å²) in [5.41, 5.74) is -0.00281. The molecule has 0 saturated carbocycles. The molecule has 3 aromatic rings. The first-order valence-electron chi connectivity index (χ1n) is 7.75. The lowest BCUT2D eigenvalue weighted by Crippen LogP contribution is -2.34. The van der Waals surface area contributed by atoms with E-state index in [9.17, 15) is 24.9 Å². The van der Waals surface area contributed by atoms with Crippen molar-refractivity contribution in [3.63, 3.8) is 0 Å². The molecule has 134 valence electrons. The number of carboxylic acids is 2. The lowest BCUT2D eigenvalue weighted by molar-refractivity contribution is -0.141. The fourth-order valence-electron chi connectivity index (χ4n) is 3.28. The molecule has 0 amide bonds. The summed E-state index contributed by atoms with van der Waals surface area (Å²) in [6.07, 6.45) is 0. The number of hydrogen-bond donors (Lipinski definition) is 4. The number of carbonyl (C=O) groups is 2. The molecular weight excluding hydrogens is 358 g/mol. The molecule has 1 atom stereocenters. The van der Waals surface area contributed by atoms with Crippen molar-refractivity contribution in [1.82, 2.24) is 4.98 Å². The molecule has 0 radical (unpaired) electrons. The number of rotatable bonds is 4. The monoisotopic (exact) mass is 373 g/mol. The Morgan fingerprint density at radius 3 is 2.42 bits per heavy atom. The Hall–Kier alpha value is -2.99. The van der Waals surface area contributed by atoms with Gasteiger partial charge in [-0.1, -0.05) is 29.8 Å². The van der Waals surface area contributed by atoms with E-state index in [4.69, 9.17) is 11.6 Å². The van der Waals surface area contributed by atoms with Gasteiger partial charge in [0.2, 0.25) is 0 Å². The average molecular weight is 374 g/mol. The fourth-order valence-corrected chi connectivity index (χ4v) is 3.40. The molecule has 0 saturated heterocycles. The Labute approximate surface area is 153 Å². The normalized spacial score (nSPS) is 13.5. The van der Waals surface area contributed by atoms with Crippen LogP contribution in [0.4, 0.5) is 0 Å². The molecule has 0 spiro atoms. The fraction of sp³-hybridized carbons (Fsp3) is 0.158. The average Bonchev–Trinajstić information content (AvgIpc) is 2.92. The van der Waals surface area contributed by atoms with Crippen molar-refractivity contribution in [2.45, 2.75) is 19.3 Å². The first-order chi connectivity index (χ1) is 12.2. The topological polar surface area (TPSA) is 111 Å². The van der Waals surface area contributed by atoms with E-state index >= 15 is 0 Å². The highest BCUT2D eigenvalue weighted by Gasteiger charge is 2.40. The standard InChI is InChI=1S/C19H16ClNO5/c1-9-15(17(23)24)16-11(4-3-5-13(16)21-9)19(2,18(25)26)10-6-7-12(20)14(22)8-10/h3-8,21-22H,1-2H3,(H,23,24)(H,25,26). The van der Waals surface area contributed by atoms with Crippen molar-refractivity contribution in [1.29, 1.82) is 0 Å². The molecule has 4 N–H and O–H groups in total. The summed E-state index contributed by atoms with van der Waals surface area (Å²) in [6.45, 7) is 3.10. The number of nitrogens with one attached hydrogen (secondary N) is 1. The van der Waals surface area contributed by atoms with Gasteiger partial charge in [0.05, 0.1) is 10.6 Å². The van der Waals surface area contributed by atoms with Gasteiger partial charge in [0.1, 0.15) is 11.2 Å². The molecule has 3 rings (SSSR count). The van der Waals surface area contributed by atoms with Gasteiger partial charge in [-0.15, -0.1) is 0 Å². The van der Waals surface area contributed by atoms with Crippen LogP contribution in [0.15, 0.2) is 36.4 Å². The highest BCUT2D eigenvalue weighted by Crippen LogP contribution is 2.40. The minimum atomic E-state index is -1.60. The van der Waals surface area contributed by atoms with Gasteiger partial charge >= 0.3 is 11.9 Å². The van der Waals surface area contributed by atoms with E-state index in [1.54, 1.807) is 25.1 Å². The smallest absolute Gasteiger partial charge is 0.338 e. The molecule has 0 aliphatic heterocycles. The van der Waals surface area contributed by atoms with E-state index in [0.717, 1.165) is 0 Å². The Kier molecular flexibility index (Phi) is 4.16. The van der Waals surface area contributed by atoms with E-state index in [2.05, 4.69) is 4.98 Å². The predicted molar refractivity (Wildman–Crippen MR) is 97.2 cm³/mol. The Balaban J connectivity index is 2.42. The molecular formula is C19H16ClNO5. The number of carboxylic acid groups (broad SMARTS) is 2. The second kappa shape index (κ2) is 6.07. The van der Waals surface area contributed by atoms with Crippen molar-refractivity contribution >= 4 is 34.4 Å². The van der Waals surface area contributed by atoms with Gasteiger partial charge in [0.15, 0.2) is 0 Å². The Bertz CT molecular complexity index is 1060. The number of phenols is 1. The van der Waals surface area contributed by atoms with Gasteiger partial charge in [-0.05, 0) is 43.2 Å². The van der Waals surface area contributed by atoms with Gasteiger partial charge in [-0.2, -0.15) is 0 Å². The van der Waals surface area contributed by atoms with Gasteiger partial charge in [0.25, 0.3) is 0 Å². The molecule has 1 heterocycles. The van der Waals surface area contributed by atoms with E-state index in [1.165, 1.54) is 25.1 Å². The third kappa shape index (κ3) is 2.50. The molecule has 0 aliphatic rings. The maximum absolute atomic E-state index is 12.3. The van der Waals surface area contributed by atoms with Crippen LogP contribution in [-0.4, -0.2) is 32.2 Å². The van der Waals surface area contributed by atoms with Crippen molar-refractivity contribution in [2.24, 2.45) is 0 Å². The van der Waals surface area contributed by atoms with Crippen molar-refractivity contribution in [3.8, 4) is 5.75 Å². The van der Waals surface area contributed by atoms with Crippen LogP contribution < -0.4 is 0 Å². The largest absolute Gasteiger partial charge is 0.506 e. The highest BCUT2D eigenvalue weighted by atomic mass is 35.5. The van der Waals surface area contributed by atoms with Crippen LogP contribution in [0.25, 0.3) is 10.9 Å². The van der Waals surface area contributed by atoms with Gasteiger partial charge in [-0.3, -0.25) is 4.79 Å². The summed E-state index contributed by atoms with van der Waals surface area (Å²) < 4.78 is 0. The van der Waals surface area contributed by atoms with E-state index in [-0.39, 0.29) is 21.9 Å². The van der Waals surface area contributed by atoms with E-state index < -0.39 is 17.4 Å². The van der Waals surface area contributed by atoms with Crippen LogP contribution in [0, 0.1) is 6.92 Å². The number of H-pyrrole nitrogens is 1. The lowest BCUT2D eigenvalue weighted by Gasteiger charge is -2.27. The van der Waals surface area contributed by atoms with Gasteiger partial charge < -0.3 is 20.3 Å². The maximum atomic E-state index is 12.3. The Morgan fingerprint density at radius 2 is 1.85 bits per heavy atom. The third-order valence-corrected chi connectivity index (χ3v) is 5.03. The molecule has 7 heteroatoms. The molecule has 1 aromatic heterocycles. The van der Waals surface area contributed by atoms with E-state index in [1.807, 2.05) is 0 Å². The summed E-state index contributed by atoms with van der Waals surface area (Å²) >= 11 is 5.84. The second-order valence-electron chi connectivity index (χ2n) is 6.25. The van der Waals surface area contributed by atoms with Gasteiger partial charge in [0, 0.05) is 16.6 Å². The second-order valence-corrected chi connectivity index (χ2v) is 6.66. The number of aliphatic carboxylic acids is 1. The van der Waals surface area contributed by atoms with Crippen molar-refractivity contribution < 1.29 is 24.9 Å². The summed E-state index contributed by atoms with van der Waals surface area (Å²) in [5, 5.41) is 30.0. The zero-order valence-corrected chi connectivity index (χ0v) is 14.8. The number of aryl methyl sites for hydroxylation is 1. The minimum absolute atomic E-state index is 0.0289. The SMILES string of the molecule is Cc1[nH]c2cccc(C(C)(C(=O)O)c3ccc(Cl)c(O)c3)c2c1C(=O)O. The number of phenolic OH excluding ortho intramolecular Hbond substituents is 1. The van der Waals surface area contributed by atoms with Crippen molar-refractivity contribution in [2.75, 3.05) is 0 Å². The lowest BCUT2D eigenvalue weighted by atomic mass is 9.74. The number of halogens is 1. The van der Waals surface area contributed by atoms with Crippen LogP contribution in [0.5, 0.6) is 5.75 Å². The van der Waals surface area contributed by atoms with Crippen LogP contribution in [0.2, 0.25) is 5.02 Å². The zero-order chi connectivity index (χ0) is 19.2. The number of aromatic amines is 1. The van der Waals surface area contributed by atoms with Crippen molar-refractivity contribution in [3.05, 3.63) is 63.8 Å². The number of hydrogen-bond acceptors (Lipinski definition) is 3. The van der Waals surface area contributed by atoms with Crippen LogP contribution in [0.1, 0.15) is 34.1 Å². The molecule has 6 nitrogen and oxygen atoms in total. The number of aromatic nitrogens is 1. The molecule has 0 aliphatic carbocycles. The molecule has 1 unspecified atom stereocenters. The number of aromatic hydroxyl groups is 1. The number of aromatic carboxylic acids is 1. The summed E-state index contributed by atoms with van der Waals surface area (Å²) in [6, 6.07) is 9.15. The predicted octanol–water partition coefficient (Wildman–Crippen LogP) is 3.92. The Morgan fingerprint density at radius 1 is 1.15 bits per heavy atom. The first-order valence-corrected chi connectivity index (χ1v) is 8.13. The zero-order valence-electron chi connectivity index (χ0n) is 14.0. The van der Waals surface area contributed by atoms with Gasteiger partial charge in [-0.25, -0.2) is 4.79 Å². The minimum Gasteiger partial charge on any atom is -0.506 e. The highest BCUT2D eigenvalue weighted by molar-refractivity contribution is 6.32. The summed E-state index contributed by atoms with van der Waals surface area (Å²) in [4.78, 5) is 27.0. The molecule has 26 heavy (non-hydrogen) atoms. The summed E-state index contributed by atoms with van der Waals surface area (Å²) in [5.74, 6) is -2.57. The maximum Gasteiger partial charge on any atom is 0.338 e. The number of benzene rings is 2. The van der Waals surface area contributed by atoms with Crippen LogP contribution in [-0.2, 0) is 10.2 Å². The first kappa shape index (κ1) is 17.8. The van der Waals surface area contributed by atoms with Crippen LogP contribution in [0.3, 0.4) is 0 Å². The summed E-state index contributed by atoms with van der Waals surface area (Å²) in [7, 11) is 0. The quantitative estimate of drug-likeness (QED) is 0.554. The van der Waals surface area contributed by atoms with Crippen LogP contribution >= 0.6 is 11.6 Å². The number of fused-ring (bicyclic) bond motifs is 1. The van der Waals surface area contributed by atoms with E-state index in [0.29, 0.717) is 22.2 Å². The molecule has 2 aromatic carbocycles.